The molecule has 6 nitrogen and oxygen atoms in total. The summed E-state index contributed by atoms with van der Waals surface area (Å²) in [5.74, 6) is -1.52. The molecule has 0 aromatic carbocycles. The van der Waals surface area contributed by atoms with Crippen molar-refractivity contribution in [3.63, 3.8) is 0 Å². The Balaban J connectivity index is 2.31. The molecule has 0 atom stereocenters. The van der Waals surface area contributed by atoms with Gasteiger partial charge >= 0.3 is 5.97 Å². The maximum absolute atomic E-state index is 10.5. The van der Waals surface area contributed by atoms with Crippen molar-refractivity contribution in [3.05, 3.63) is 21.9 Å². The summed E-state index contributed by atoms with van der Waals surface area (Å²) in [5, 5.41) is 8.64. The van der Waals surface area contributed by atoms with Crippen LogP contribution in [0.15, 0.2) is 12.1 Å². The summed E-state index contributed by atoms with van der Waals surface area (Å²) in [7, 11) is 0. The number of aromatic carboxylic acids is 1. The van der Waals surface area contributed by atoms with E-state index in [1.54, 1.807) is 6.07 Å². The molecule has 0 bridgehead atoms. The predicted octanol–water partition coefficient (Wildman–Crippen LogP) is -0.0472. The summed E-state index contributed by atoms with van der Waals surface area (Å²) >= 11 is 1.14. The molecule has 0 saturated carbocycles. The van der Waals surface area contributed by atoms with Crippen LogP contribution in [0.2, 0.25) is 0 Å². The van der Waals surface area contributed by atoms with Gasteiger partial charge in [-0.25, -0.2) is 4.79 Å². The zero-order valence-electron chi connectivity index (χ0n) is 7.73. The molecule has 7 heteroatoms. The zero-order chi connectivity index (χ0) is 11.3. The van der Waals surface area contributed by atoms with Crippen LogP contribution in [0.4, 0.5) is 0 Å². The largest absolute Gasteiger partial charge is 0.477 e. The highest BCUT2D eigenvalue weighted by Gasteiger charge is 2.06. The van der Waals surface area contributed by atoms with Crippen LogP contribution in [0.1, 0.15) is 14.5 Å². The number of carboxylic acids is 1. The molecule has 1 amide bonds. The minimum absolute atomic E-state index is 0.211. The number of hydrogen-bond acceptors (Lipinski definition) is 5. The lowest BCUT2D eigenvalue weighted by Gasteiger charge is -2.00. The van der Waals surface area contributed by atoms with Crippen LogP contribution in [0.5, 0.6) is 0 Å². The monoisotopic (exact) mass is 230 g/mol. The number of nitrogens with one attached hydrogen (secondary N) is 1. The summed E-state index contributed by atoms with van der Waals surface area (Å²) in [4.78, 5) is 26.6. The van der Waals surface area contributed by atoms with Crippen molar-refractivity contribution in [1.29, 1.82) is 0 Å². The van der Waals surface area contributed by atoms with Gasteiger partial charge in [-0.3, -0.25) is 9.63 Å². The summed E-state index contributed by atoms with van der Waals surface area (Å²) < 4.78 is 0. The summed E-state index contributed by atoms with van der Waals surface area (Å²) in [5.41, 5.74) is 7.34. The topological polar surface area (TPSA) is 102 Å². The van der Waals surface area contributed by atoms with Crippen molar-refractivity contribution >= 4 is 23.2 Å². The number of nitrogens with two attached hydrogens (primary N) is 1. The first-order valence-electron chi connectivity index (χ1n) is 4.04. The van der Waals surface area contributed by atoms with E-state index in [1.807, 2.05) is 0 Å². The number of thiophene rings is 1. The minimum atomic E-state index is -0.954. The van der Waals surface area contributed by atoms with Gasteiger partial charge in [0.15, 0.2) is 0 Å². The Bertz CT molecular complexity index is 363. The van der Waals surface area contributed by atoms with Crippen molar-refractivity contribution in [1.82, 2.24) is 5.48 Å². The van der Waals surface area contributed by atoms with Gasteiger partial charge in [-0.2, -0.15) is 5.48 Å². The lowest BCUT2D eigenvalue weighted by atomic mass is 10.4. The number of hydroxylamine groups is 1. The fourth-order valence-corrected chi connectivity index (χ4v) is 1.61. The fraction of sp³-hybridized carbons (Fsp3) is 0.250. The predicted molar refractivity (Wildman–Crippen MR) is 53.3 cm³/mol. The second-order valence-corrected chi connectivity index (χ2v) is 3.82. The van der Waals surface area contributed by atoms with E-state index in [-0.39, 0.29) is 11.5 Å². The number of amides is 1. The standard InChI is InChI=1S/C8H10N2O4S/c9-7(11)4-14-10-3-5-1-2-6(15-5)8(12)13/h1-2,10H,3-4H2,(H2,9,11)(H,12,13). The van der Waals surface area contributed by atoms with Crippen LogP contribution in [-0.4, -0.2) is 23.6 Å². The van der Waals surface area contributed by atoms with E-state index in [2.05, 4.69) is 5.48 Å². The molecule has 1 rings (SSSR count). The molecule has 0 aliphatic carbocycles. The third kappa shape index (κ3) is 4.07. The zero-order valence-corrected chi connectivity index (χ0v) is 8.54. The van der Waals surface area contributed by atoms with Crippen molar-refractivity contribution in [2.75, 3.05) is 6.61 Å². The second-order valence-electron chi connectivity index (χ2n) is 2.65. The summed E-state index contributed by atoms with van der Waals surface area (Å²) in [6.07, 6.45) is 0. The van der Waals surface area contributed by atoms with Crippen LogP contribution in [-0.2, 0) is 16.2 Å². The normalized spacial score (nSPS) is 10.1. The van der Waals surface area contributed by atoms with Crippen LogP contribution in [0.25, 0.3) is 0 Å². The second kappa shape index (κ2) is 5.44. The Kier molecular flexibility index (Phi) is 4.22. The van der Waals surface area contributed by atoms with E-state index in [0.29, 0.717) is 6.54 Å². The van der Waals surface area contributed by atoms with E-state index in [1.165, 1.54) is 6.07 Å². The Morgan fingerprint density at radius 3 is 2.80 bits per heavy atom. The number of carbonyl (C=O) groups is 2. The molecule has 0 saturated heterocycles. The Morgan fingerprint density at radius 1 is 1.53 bits per heavy atom. The van der Waals surface area contributed by atoms with Crippen molar-refractivity contribution in [2.24, 2.45) is 5.73 Å². The number of carbonyl (C=O) groups excluding carboxylic acids is 1. The number of primary amides is 1. The van der Waals surface area contributed by atoms with Crippen molar-refractivity contribution < 1.29 is 19.5 Å². The van der Waals surface area contributed by atoms with Crippen molar-refractivity contribution in [3.8, 4) is 0 Å². The van der Waals surface area contributed by atoms with E-state index in [0.717, 1.165) is 16.2 Å². The molecule has 1 heterocycles. The highest BCUT2D eigenvalue weighted by molar-refractivity contribution is 7.13. The number of hydrogen-bond donors (Lipinski definition) is 3. The van der Waals surface area contributed by atoms with Crippen LogP contribution in [0.3, 0.4) is 0 Å². The molecule has 0 aliphatic rings. The first-order valence-corrected chi connectivity index (χ1v) is 4.86. The van der Waals surface area contributed by atoms with E-state index >= 15 is 0 Å². The average molecular weight is 230 g/mol. The van der Waals surface area contributed by atoms with Crippen molar-refractivity contribution in [2.45, 2.75) is 6.54 Å². The van der Waals surface area contributed by atoms with Gasteiger partial charge in [-0.15, -0.1) is 11.3 Å². The van der Waals surface area contributed by atoms with Crippen LogP contribution >= 0.6 is 11.3 Å². The molecular weight excluding hydrogens is 220 g/mol. The molecule has 4 N–H and O–H groups in total. The molecule has 82 valence electrons. The highest BCUT2D eigenvalue weighted by Crippen LogP contribution is 2.15. The van der Waals surface area contributed by atoms with Gasteiger partial charge in [0.2, 0.25) is 5.91 Å². The average Bonchev–Trinajstić information content (AvgIpc) is 2.60. The number of carboxylic acid groups (broad SMARTS) is 1. The first-order chi connectivity index (χ1) is 7.09. The first kappa shape index (κ1) is 11.6. The van der Waals surface area contributed by atoms with Gasteiger partial charge in [0.05, 0.1) is 6.54 Å². The van der Waals surface area contributed by atoms with Gasteiger partial charge in [0.1, 0.15) is 11.5 Å². The van der Waals surface area contributed by atoms with Gasteiger partial charge in [-0.1, -0.05) is 0 Å². The quantitative estimate of drug-likeness (QED) is 0.470. The number of rotatable bonds is 6. The summed E-state index contributed by atoms with van der Waals surface area (Å²) in [6, 6.07) is 3.19. The lowest BCUT2D eigenvalue weighted by Crippen LogP contribution is -2.24. The van der Waals surface area contributed by atoms with E-state index in [4.69, 9.17) is 15.7 Å². The summed E-state index contributed by atoms with van der Waals surface area (Å²) in [6.45, 7) is 0.127. The van der Waals surface area contributed by atoms with Crippen LogP contribution < -0.4 is 11.2 Å². The van der Waals surface area contributed by atoms with Gasteiger partial charge in [0.25, 0.3) is 0 Å². The molecule has 0 radical (unpaired) electrons. The van der Waals surface area contributed by atoms with Gasteiger partial charge in [-0.05, 0) is 12.1 Å². The Labute approximate surface area is 89.6 Å². The molecule has 0 fully saturated rings. The Morgan fingerprint density at radius 2 is 2.27 bits per heavy atom. The lowest BCUT2D eigenvalue weighted by molar-refractivity contribution is -0.125. The molecule has 15 heavy (non-hydrogen) atoms. The van der Waals surface area contributed by atoms with Gasteiger partial charge in [0, 0.05) is 4.88 Å². The fourth-order valence-electron chi connectivity index (χ4n) is 0.832. The molecule has 1 aromatic rings. The smallest absolute Gasteiger partial charge is 0.345 e. The van der Waals surface area contributed by atoms with E-state index < -0.39 is 11.9 Å². The SMILES string of the molecule is NC(=O)CONCc1ccc(C(=O)O)s1. The maximum Gasteiger partial charge on any atom is 0.345 e. The third-order valence-corrected chi connectivity index (χ3v) is 2.51. The maximum atomic E-state index is 10.5. The van der Waals surface area contributed by atoms with Gasteiger partial charge < -0.3 is 10.8 Å². The van der Waals surface area contributed by atoms with Crippen LogP contribution in [0, 0.1) is 0 Å². The molecule has 1 aromatic heterocycles. The minimum Gasteiger partial charge on any atom is -0.477 e. The third-order valence-electron chi connectivity index (χ3n) is 1.44. The molecular formula is C8H10N2O4S. The molecule has 0 aliphatic heterocycles. The molecule has 0 spiro atoms. The Hall–Kier alpha value is -1.44. The van der Waals surface area contributed by atoms with E-state index in [9.17, 15) is 9.59 Å². The highest BCUT2D eigenvalue weighted by atomic mass is 32.1. The molecule has 0 unspecified atom stereocenters.